The van der Waals surface area contributed by atoms with Gasteiger partial charge < -0.3 is 9.47 Å². The molecule has 5 nitrogen and oxygen atoms in total. The predicted octanol–water partition coefficient (Wildman–Crippen LogP) is 6.23. The number of para-hydroxylation sites is 1. The average molecular weight is 463 g/mol. The molecule has 0 saturated heterocycles. The Kier molecular flexibility index (Phi) is 9.30. The molecule has 0 spiro atoms. The van der Waals surface area contributed by atoms with Crippen LogP contribution >= 0.6 is 20.2 Å². The normalized spacial score (nSPS) is 18.0. The number of carbonyl (C=O) groups is 1. The second-order valence-electron chi connectivity index (χ2n) is 8.10. The summed E-state index contributed by atoms with van der Waals surface area (Å²) in [6.45, 7) is 4.40. The maximum Gasteiger partial charge on any atom is 0.361 e. The van der Waals surface area contributed by atoms with Gasteiger partial charge >= 0.3 is 14.4 Å². The van der Waals surface area contributed by atoms with Gasteiger partial charge in [-0.3, -0.25) is 4.79 Å². The van der Waals surface area contributed by atoms with E-state index in [0.717, 1.165) is 28.8 Å². The first-order valence-electron chi connectivity index (χ1n) is 11.3. The van der Waals surface area contributed by atoms with Crippen LogP contribution in [-0.2, 0) is 18.8 Å². The summed E-state index contributed by atoms with van der Waals surface area (Å²) >= 11 is 1.50. The van der Waals surface area contributed by atoms with Crippen LogP contribution in [0.3, 0.4) is 0 Å². The van der Waals surface area contributed by atoms with Crippen molar-refractivity contribution in [1.82, 2.24) is 4.98 Å². The zero-order valence-electron chi connectivity index (χ0n) is 18.5. The number of hydrogen-bond acceptors (Lipinski definition) is 6. The fourth-order valence-corrected chi connectivity index (χ4v) is 6.42. The zero-order valence-corrected chi connectivity index (χ0v) is 20.3. The predicted molar refractivity (Wildman–Crippen MR) is 127 cm³/mol. The molecule has 1 aliphatic carbocycles. The highest BCUT2D eigenvalue weighted by Crippen LogP contribution is 2.44. The van der Waals surface area contributed by atoms with Crippen molar-refractivity contribution in [3.05, 3.63) is 36.4 Å². The molecular formula is C24H33NO4PS+. The number of pyridine rings is 1. The minimum atomic E-state index is -1.07. The van der Waals surface area contributed by atoms with Crippen molar-refractivity contribution < 1.29 is 18.8 Å². The minimum absolute atomic E-state index is 0.294. The van der Waals surface area contributed by atoms with Crippen LogP contribution in [-0.4, -0.2) is 35.3 Å². The number of thioether (sulfide) groups is 1. The molecule has 1 heterocycles. The van der Waals surface area contributed by atoms with Crippen LogP contribution in [0.5, 0.6) is 0 Å². The summed E-state index contributed by atoms with van der Waals surface area (Å²) in [5.41, 5.74) is 0.920. The number of esters is 1. The summed E-state index contributed by atoms with van der Waals surface area (Å²) < 4.78 is 24.2. The Labute approximate surface area is 190 Å². The number of carbonyl (C=O) groups excluding carboxylic acids is 1. The van der Waals surface area contributed by atoms with Gasteiger partial charge in [0.1, 0.15) is 5.92 Å². The third-order valence-corrected chi connectivity index (χ3v) is 8.38. The molecule has 31 heavy (non-hydrogen) atoms. The fraction of sp³-hybridized carbons (Fsp3) is 0.583. The van der Waals surface area contributed by atoms with Crippen LogP contribution in [0.4, 0.5) is 0 Å². The van der Waals surface area contributed by atoms with E-state index in [4.69, 9.17) is 14.5 Å². The number of fused-ring (bicyclic) bond motifs is 1. The second kappa shape index (κ2) is 11.9. The van der Waals surface area contributed by atoms with Crippen molar-refractivity contribution in [1.29, 1.82) is 0 Å². The van der Waals surface area contributed by atoms with Crippen molar-refractivity contribution in [2.75, 3.05) is 19.0 Å². The number of hydrogen-bond donors (Lipinski definition) is 0. The van der Waals surface area contributed by atoms with Crippen molar-refractivity contribution in [3.63, 3.8) is 0 Å². The molecule has 0 amide bonds. The third kappa shape index (κ3) is 6.27. The van der Waals surface area contributed by atoms with E-state index in [-0.39, 0.29) is 5.97 Å². The Morgan fingerprint density at radius 2 is 1.94 bits per heavy atom. The van der Waals surface area contributed by atoms with Gasteiger partial charge in [-0.2, -0.15) is 0 Å². The number of aromatic nitrogens is 1. The summed E-state index contributed by atoms with van der Waals surface area (Å²) in [6, 6.07) is 12.0. The molecule has 3 atom stereocenters. The van der Waals surface area contributed by atoms with E-state index in [0.29, 0.717) is 31.3 Å². The van der Waals surface area contributed by atoms with Gasteiger partial charge in [0.05, 0.1) is 22.9 Å². The molecule has 1 fully saturated rings. The minimum Gasteiger partial charge on any atom is -0.466 e. The fourth-order valence-electron chi connectivity index (χ4n) is 4.42. The molecule has 0 radical (unpaired) electrons. The highest BCUT2D eigenvalue weighted by molar-refractivity contribution is 7.99. The van der Waals surface area contributed by atoms with Crippen molar-refractivity contribution in [2.24, 2.45) is 11.8 Å². The number of ether oxygens (including phenoxy) is 2. The average Bonchev–Trinajstić information content (AvgIpc) is 2.81. The number of rotatable bonds is 11. The lowest BCUT2D eigenvalue weighted by molar-refractivity contribution is -0.156. The molecule has 1 aromatic carbocycles. The highest BCUT2D eigenvalue weighted by Gasteiger charge is 2.53. The van der Waals surface area contributed by atoms with Crippen molar-refractivity contribution in [2.45, 2.75) is 62.7 Å². The van der Waals surface area contributed by atoms with E-state index in [1.165, 1.54) is 31.0 Å². The van der Waals surface area contributed by atoms with Gasteiger partial charge in [0.2, 0.25) is 0 Å². The first kappa shape index (κ1) is 24.2. The van der Waals surface area contributed by atoms with Crippen LogP contribution in [0, 0.1) is 11.8 Å². The molecule has 7 heteroatoms. The number of benzene rings is 1. The van der Waals surface area contributed by atoms with Gasteiger partial charge in [-0.25, -0.2) is 4.98 Å². The van der Waals surface area contributed by atoms with E-state index in [1.54, 1.807) is 0 Å². The first-order valence-corrected chi connectivity index (χ1v) is 13.2. The van der Waals surface area contributed by atoms with Gasteiger partial charge in [-0.1, -0.05) is 72.7 Å². The summed E-state index contributed by atoms with van der Waals surface area (Å²) in [4.78, 5) is 17.7. The van der Waals surface area contributed by atoms with Gasteiger partial charge in [0.25, 0.3) is 5.34 Å². The van der Waals surface area contributed by atoms with Gasteiger partial charge in [0, 0.05) is 12.0 Å². The second-order valence-corrected chi connectivity index (χ2v) is 10.1. The molecule has 1 saturated carbocycles. The Bertz CT molecular complexity index is 874. The summed E-state index contributed by atoms with van der Waals surface area (Å²) in [7, 11) is -0.764. The van der Waals surface area contributed by atoms with E-state index in [2.05, 4.69) is 0 Å². The maximum atomic E-state index is 13.0. The molecule has 168 valence electrons. The Morgan fingerprint density at radius 1 is 1.16 bits per heavy atom. The molecule has 3 rings (SSSR count). The molecule has 1 aromatic heterocycles. The monoisotopic (exact) mass is 462 g/mol. The van der Waals surface area contributed by atoms with Crippen LogP contribution in [0.25, 0.3) is 10.9 Å². The van der Waals surface area contributed by atoms with E-state index in [9.17, 15) is 9.36 Å². The van der Waals surface area contributed by atoms with Crippen molar-refractivity contribution in [3.8, 4) is 0 Å². The molecule has 2 aromatic rings. The van der Waals surface area contributed by atoms with E-state index in [1.807, 2.05) is 50.2 Å². The van der Waals surface area contributed by atoms with Crippen LogP contribution in [0.1, 0.15) is 52.4 Å². The Morgan fingerprint density at radius 3 is 2.65 bits per heavy atom. The standard InChI is InChI=1S/C24H32NO4PS/c1-3-28-23(26)20(16-18-10-6-5-7-11-18)24(30-27,29-4-2)17-31-22-15-14-19-12-8-9-13-21(19)25-22/h8-9,12-15,18,20H,3-7,10-11,16-17H2,1-2H3/p+1. The van der Waals surface area contributed by atoms with E-state index < -0.39 is 19.7 Å². The lowest BCUT2D eigenvalue weighted by Crippen LogP contribution is -2.44. The maximum absolute atomic E-state index is 13.0. The highest BCUT2D eigenvalue weighted by atomic mass is 32.2. The molecule has 0 N–H and O–H groups in total. The zero-order chi connectivity index (χ0) is 22.1. The van der Waals surface area contributed by atoms with E-state index >= 15 is 0 Å². The summed E-state index contributed by atoms with van der Waals surface area (Å²) in [6.07, 6.45) is 6.52. The quantitative estimate of drug-likeness (QED) is 0.224. The molecular weight excluding hydrogens is 429 g/mol. The van der Waals surface area contributed by atoms with Crippen LogP contribution in [0.2, 0.25) is 0 Å². The topological polar surface area (TPSA) is 65.5 Å². The van der Waals surface area contributed by atoms with Gasteiger partial charge in [-0.05, 0) is 38.3 Å². The van der Waals surface area contributed by atoms with Gasteiger partial charge in [-0.15, -0.1) is 0 Å². The van der Waals surface area contributed by atoms with Crippen molar-refractivity contribution >= 4 is 37.1 Å². The molecule has 0 bridgehead atoms. The first-order chi connectivity index (χ1) is 15.1. The summed E-state index contributed by atoms with van der Waals surface area (Å²) in [5.74, 6) is 0.00370. The number of nitrogens with zero attached hydrogens (tertiary/aromatic N) is 1. The molecule has 1 aliphatic rings. The Balaban J connectivity index is 1.84. The molecule has 3 unspecified atom stereocenters. The van der Waals surface area contributed by atoms with Crippen LogP contribution < -0.4 is 0 Å². The SMILES string of the molecule is CCOC(=O)C(CC1CCCCC1)C(CSc1ccc2ccccc2n1)(OCC)[PH+]=O. The van der Waals surface area contributed by atoms with Crippen LogP contribution in [0.15, 0.2) is 41.4 Å². The smallest absolute Gasteiger partial charge is 0.361 e. The Hall–Kier alpha value is -1.49. The summed E-state index contributed by atoms with van der Waals surface area (Å²) in [5, 5.41) is 0.841. The third-order valence-electron chi connectivity index (χ3n) is 6.01. The largest absolute Gasteiger partial charge is 0.466 e. The lowest BCUT2D eigenvalue weighted by Gasteiger charge is -2.32. The lowest BCUT2D eigenvalue weighted by atomic mass is 9.81. The molecule has 0 aliphatic heterocycles. The van der Waals surface area contributed by atoms with Gasteiger partial charge in [0.15, 0.2) is 0 Å².